The molecular formula is C18H18ClN3O3. The summed E-state index contributed by atoms with van der Waals surface area (Å²) in [5.41, 5.74) is 2.81. The van der Waals surface area contributed by atoms with Crippen LogP contribution in [0.15, 0.2) is 42.5 Å². The number of rotatable bonds is 4. The fourth-order valence-electron chi connectivity index (χ4n) is 2.99. The van der Waals surface area contributed by atoms with E-state index in [1.807, 2.05) is 12.1 Å². The summed E-state index contributed by atoms with van der Waals surface area (Å²) < 4.78 is 0. The minimum absolute atomic E-state index is 0.0917. The van der Waals surface area contributed by atoms with Crippen LogP contribution in [0.5, 0.6) is 0 Å². The number of fused-ring (bicyclic) bond motifs is 1. The summed E-state index contributed by atoms with van der Waals surface area (Å²) in [6.45, 7) is 1.77. The molecule has 1 aliphatic heterocycles. The molecule has 6 nitrogen and oxygen atoms in total. The van der Waals surface area contributed by atoms with Gasteiger partial charge in [-0.25, -0.2) is 0 Å². The molecule has 0 bridgehead atoms. The van der Waals surface area contributed by atoms with Gasteiger partial charge in [0.1, 0.15) is 0 Å². The molecule has 7 heteroatoms. The van der Waals surface area contributed by atoms with Crippen LogP contribution in [0.25, 0.3) is 0 Å². The van der Waals surface area contributed by atoms with Crippen LogP contribution in [0.3, 0.4) is 0 Å². The SMILES string of the molecule is CN(C(=O)CN1CCc2ccccc2C1)c1cc([N+](=O)[O-])ccc1Cl. The quantitative estimate of drug-likeness (QED) is 0.620. The van der Waals surface area contributed by atoms with Gasteiger partial charge in [0.25, 0.3) is 5.69 Å². The largest absolute Gasteiger partial charge is 0.313 e. The van der Waals surface area contributed by atoms with Gasteiger partial charge < -0.3 is 4.90 Å². The normalized spacial score (nSPS) is 14.0. The van der Waals surface area contributed by atoms with Crippen molar-refractivity contribution in [2.24, 2.45) is 0 Å². The van der Waals surface area contributed by atoms with Crippen molar-refractivity contribution in [1.29, 1.82) is 0 Å². The molecule has 130 valence electrons. The Morgan fingerprint density at radius 3 is 2.72 bits per heavy atom. The fourth-order valence-corrected chi connectivity index (χ4v) is 3.24. The molecule has 0 spiro atoms. The van der Waals surface area contributed by atoms with Crippen molar-refractivity contribution in [2.75, 3.05) is 25.0 Å². The summed E-state index contributed by atoms with van der Waals surface area (Å²) in [4.78, 5) is 26.5. The minimum atomic E-state index is -0.500. The zero-order valence-corrected chi connectivity index (χ0v) is 14.6. The Balaban J connectivity index is 1.72. The second kappa shape index (κ2) is 7.21. The molecule has 0 saturated carbocycles. The summed E-state index contributed by atoms with van der Waals surface area (Å²) >= 11 is 6.12. The number of nitrogens with zero attached hydrogens (tertiary/aromatic N) is 3. The highest BCUT2D eigenvalue weighted by Gasteiger charge is 2.22. The monoisotopic (exact) mass is 359 g/mol. The number of nitro groups is 1. The second-order valence-electron chi connectivity index (χ2n) is 6.07. The van der Waals surface area contributed by atoms with Gasteiger partial charge >= 0.3 is 0 Å². The van der Waals surface area contributed by atoms with Gasteiger partial charge in [0.05, 0.1) is 22.2 Å². The van der Waals surface area contributed by atoms with E-state index in [1.165, 1.54) is 34.2 Å². The highest BCUT2D eigenvalue weighted by molar-refractivity contribution is 6.33. The number of nitro benzene ring substituents is 1. The van der Waals surface area contributed by atoms with Crippen molar-refractivity contribution in [1.82, 2.24) is 4.90 Å². The topological polar surface area (TPSA) is 66.7 Å². The van der Waals surface area contributed by atoms with Gasteiger partial charge in [0.15, 0.2) is 0 Å². The summed E-state index contributed by atoms with van der Waals surface area (Å²) in [5, 5.41) is 11.3. The highest BCUT2D eigenvalue weighted by atomic mass is 35.5. The number of carbonyl (C=O) groups is 1. The maximum Gasteiger partial charge on any atom is 0.271 e. The van der Waals surface area contributed by atoms with Gasteiger partial charge in [-0.15, -0.1) is 0 Å². The molecule has 0 saturated heterocycles. The van der Waals surface area contributed by atoms with Crippen LogP contribution in [-0.2, 0) is 17.8 Å². The van der Waals surface area contributed by atoms with E-state index in [4.69, 9.17) is 11.6 Å². The number of hydrogen-bond acceptors (Lipinski definition) is 4. The van der Waals surface area contributed by atoms with Crippen LogP contribution in [0, 0.1) is 10.1 Å². The molecule has 2 aromatic rings. The van der Waals surface area contributed by atoms with Crippen molar-refractivity contribution in [3.8, 4) is 0 Å². The van der Waals surface area contributed by atoms with Crippen molar-refractivity contribution < 1.29 is 9.72 Å². The van der Waals surface area contributed by atoms with Crippen LogP contribution in [0.2, 0.25) is 5.02 Å². The Morgan fingerprint density at radius 1 is 1.28 bits per heavy atom. The second-order valence-corrected chi connectivity index (χ2v) is 6.48. The molecule has 2 aromatic carbocycles. The van der Waals surface area contributed by atoms with E-state index in [2.05, 4.69) is 17.0 Å². The molecule has 1 heterocycles. The Labute approximate surface area is 150 Å². The number of anilines is 1. The number of benzene rings is 2. The molecular weight excluding hydrogens is 342 g/mol. The van der Waals surface area contributed by atoms with E-state index >= 15 is 0 Å². The molecule has 3 rings (SSSR count). The van der Waals surface area contributed by atoms with Crippen LogP contribution in [-0.4, -0.2) is 35.9 Å². The predicted octanol–water partition coefficient (Wildman–Crippen LogP) is 3.27. The Hall–Kier alpha value is -2.44. The van der Waals surface area contributed by atoms with E-state index in [9.17, 15) is 14.9 Å². The average Bonchev–Trinajstić information content (AvgIpc) is 2.61. The van der Waals surface area contributed by atoms with Crippen molar-refractivity contribution in [3.63, 3.8) is 0 Å². The van der Waals surface area contributed by atoms with Crippen molar-refractivity contribution in [3.05, 3.63) is 68.7 Å². The molecule has 0 radical (unpaired) electrons. The smallest absolute Gasteiger partial charge is 0.271 e. The third-order valence-corrected chi connectivity index (χ3v) is 4.76. The summed E-state index contributed by atoms with van der Waals surface area (Å²) in [6.07, 6.45) is 0.907. The number of carbonyl (C=O) groups excluding carboxylic acids is 1. The maximum absolute atomic E-state index is 12.6. The van der Waals surface area contributed by atoms with Crippen molar-refractivity contribution >= 4 is 28.9 Å². The third kappa shape index (κ3) is 3.81. The number of likely N-dealkylation sites (N-methyl/N-ethyl adjacent to an activating group) is 1. The molecule has 1 amide bonds. The van der Waals surface area contributed by atoms with Crippen LogP contribution < -0.4 is 4.90 Å². The number of non-ortho nitro benzene ring substituents is 1. The highest BCUT2D eigenvalue weighted by Crippen LogP contribution is 2.29. The number of halogens is 1. The molecule has 0 unspecified atom stereocenters. The Kier molecular flexibility index (Phi) is 5.01. The van der Waals surface area contributed by atoms with Gasteiger partial charge in [-0.1, -0.05) is 35.9 Å². The van der Waals surface area contributed by atoms with Crippen LogP contribution in [0.1, 0.15) is 11.1 Å². The molecule has 0 atom stereocenters. The van der Waals surface area contributed by atoms with E-state index in [1.54, 1.807) is 7.05 Å². The van der Waals surface area contributed by atoms with Gasteiger partial charge in [-0.2, -0.15) is 0 Å². The zero-order valence-electron chi connectivity index (χ0n) is 13.8. The molecule has 1 aliphatic rings. The van der Waals surface area contributed by atoms with Gasteiger partial charge in [0, 0.05) is 32.3 Å². The first-order valence-electron chi connectivity index (χ1n) is 7.95. The Bertz CT molecular complexity index is 825. The van der Waals surface area contributed by atoms with Crippen molar-refractivity contribution in [2.45, 2.75) is 13.0 Å². The van der Waals surface area contributed by atoms with Gasteiger partial charge in [-0.05, 0) is 23.6 Å². The third-order valence-electron chi connectivity index (χ3n) is 4.44. The lowest BCUT2D eigenvalue weighted by molar-refractivity contribution is -0.384. The van der Waals surface area contributed by atoms with E-state index in [0.717, 1.165) is 19.5 Å². The first-order chi connectivity index (χ1) is 12.0. The van der Waals surface area contributed by atoms with Crippen LogP contribution >= 0.6 is 11.6 Å². The van der Waals surface area contributed by atoms with E-state index in [0.29, 0.717) is 10.7 Å². The predicted molar refractivity (Wildman–Crippen MR) is 96.9 cm³/mol. The standard InChI is InChI=1S/C18H18ClN3O3/c1-20(17-10-15(22(24)25)6-7-16(17)19)18(23)12-21-9-8-13-4-2-3-5-14(13)11-21/h2-7,10H,8-9,11-12H2,1H3. The lowest BCUT2D eigenvalue weighted by Crippen LogP contribution is -2.40. The van der Waals surface area contributed by atoms with Gasteiger partial charge in [-0.3, -0.25) is 19.8 Å². The molecule has 25 heavy (non-hydrogen) atoms. The van der Waals surface area contributed by atoms with Gasteiger partial charge in [0.2, 0.25) is 5.91 Å². The molecule has 0 fully saturated rings. The lowest BCUT2D eigenvalue weighted by atomic mass is 10.00. The average molecular weight is 360 g/mol. The summed E-state index contributed by atoms with van der Waals surface area (Å²) in [7, 11) is 1.59. The fraction of sp³-hybridized carbons (Fsp3) is 0.278. The van der Waals surface area contributed by atoms with E-state index < -0.39 is 4.92 Å². The number of amides is 1. The molecule has 0 aliphatic carbocycles. The summed E-state index contributed by atoms with van der Waals surface area (Å²) in [5.74, 6) is -0.151. The van der Waals surface area contributed by atoms with Crippen LogP contribution in [0.4, 0.5) is 11.4 Å². The first-order valence-corrected chi connectivity index (χ1v) is 8.33. The first kappa shape index (κ1) is 17.4. The lowest BCUT2D eigenvalue weighted by Gasteiger charge is -2.29. The minimum Gasteiger partial charge on any atom is -0.313 e. The maximum atomic E-state index is 12.6. The summed E-state index contributed by atoms with van der Waals surface area (Å²) in [6, 6.07) is 12.3. The molecule has 0 aromatic heterocycles. The zero-order chi connectivity index (χ0) is 18.0. The Morgan fingerprint density at radius 2 is 2.00 bits per heavy atom. The molecule has 0 N–H and O–H groups in total. The van der Waals surface area contributed by atoms with E-state index in [-0.39, 0.29) is 18.1 Å². The number of hydrogen-bond donors (Lipinski definition) is 0.